The van der Waals surface area contributed by atoms with Gasteiger partial charge < -0.3 is 19.9 Å². The predicted molar refractivity (Wildman–Crippen MR) is 144 cm³/mol. The highest BCUT2D eigenvalue weighted by Gasteiger charge is 2.62. The van der Waals surface area contributed by atoms with E-state index >= 15 is 0 Å². The van der Waals surface area contributed by atoms with Crippen molar-refractivity contribution in [2.24, 2.45) is 5.41 Å². The number of nitrogens with zero attached hydrogens (tertiary/aromatic N) is 3. The minimum Gasteiger partial charge on any atom is -0.347 e. The lowest BCUT2D eigenvalue weighted by atomic mass is 9.72. The Balaban J connectivity index is 1.71. The molecule has 0 saturated carbocycles. The van der Waals surface area contributed by atoms with Crippen molar-refractivity contribution in [2.75, 3.05) is 47.4 Å². The number of hydrogen-bond donors (Lipinski definition) is 1. The third kappa shape index (κ3) is 6.37. The quantitative estimate of drug-likeness (QED) is 0.444. The minimum atomic E-state index is -0.807. The second kappa shape index (κ2) is 12.8. The van der Waals surface area contributed by atoms with Crippen molar-refractivity contribution in [3.63, 3.8) is 0 Å². The molecule has 1 heterocycles. The van der Waals surface area contributed by atoms with Crippen molar-refractivity contribution in [1.29, 1.82) is 0 Å². The zero-order chi connectivity index (χ0) is 27.0. The molecule has 0 aliphatic carbocycles. The van der Waals surface area contributed by atoms with E-state index < -0.39 is 17.7 Å². The number of carbonyl (C=O) groups is 3. The summed E-state index contributed by atoms with van der Waals surface area (Å²) in [6, 6.07) is 19.4. The van der Waals surface area contributed by atoms with Crippen LogP contribution in [-0.2, 0) is 14.3 Å². The number of imide groups is 1. The van der Waals surface area contributed by atoms with E-state index in [9.17, 15) is 14.4 Å². The molecule has 0 bridgehead atoms. The van der Waals surface area contributed by atoms with Crippen LogP contribution in [0.15, 0.2) is 60.7 Å². The molecule has 8 nitrogen and oxygen atoms in total. The van der Waals surface area contributed by atoms with Gasteiger partial charge in [0.25, 0.3) is 0 Å². The number of hydrogen-bond acceptors (Lipinski definition) is 5. The summed E-state index contributed by atoms with van der Waals surface area (Å²) in [6.07, 6.45) is 0.268. The van der Waals surface area contributed by atoms with E-state index in [1.807, 2.05) is 93.5 Å². The molecule has 4 amide bonds. The monoisotopic (exact) mass is 508 g/mol. The van der Waals surface area contributed by atoms with E-state index in [-0.39, 0.29) is 24.3 Å². The summed E-state index contributed by atoms with van der Waals surface area (Å²) < 4.78 is 5.99. The zero-order valence-electron chi connectivity index (χ0n) is 22.6. The van der Waals surface area contributed by atoms with E-state index in [0.29, 0.717) is 25.9 Å². The first kappa shape index (κ1) is 28.3. The maximum atomic E-state index is 13.3. The maximum Gasteiger partial charge on any atom is 0.326 e. The topological polar surface area (TPSA) is 82.2 Å². The average Bonchev–Trinajstić information content (AvgIpc) is 2.91. The summed E-state index contributed by atoms with van der Waals surface area (Å²) >= 11 is 0. The van der Waals surface area contributed by atoms with Crippen LogP contribution < -0.4 is 5.32 Å². The number of carbonyl (C=O) groups excluding carboxylic acids is 3. The van der Waals surface area contributed by atoms with Crippen molar-refractivity contribution >= 4 is 17.8 Å². The average molecular weight is 509 g/mol. The number of nitrogens with one attached hydrogen (secondary N) is 1. The van der Waals surface area contributed by atoms with Gasteiger partial charge in [0.2, 0.25) is 11.8 Å². The molecule has 2 aromatic rings. The van der Waals surface area contributed by atoms with Crippen molar-refractivity contribution < 1.29 is 19.1 Å². The molecule has 0 radical (unpaired) electrons. The molecule has 1 atom stereocenters. The highest BCUT2D eigenvalue weighted by atomic mass is 16.5. The van der Waals surface area contributed by atoms with Gasteiger partial charge in [-0.15, -0.1) is 0 Å². The van der Waals surface area contributed by atoms with Gasteiger partial charge in [0, 0.05) is 32.6 Å². The normalized spacial score (nSPS) is 16.6. The molecule has 8 heteroatoms. The molecule has 2 aromatic carbocycles. The summed E-state index contributed by atoms with van der Waals surface area (Å²) in [5.74, 6) is -0.517. The van der Waals surface area contributed by atoms with E-state index in [1.54, 1.807) is 11.9 Å². The van der Waals surface area contributed by atoms with Gasteiger partial charge in [-0.1, -0.05) is 74.5 Å². The molecule has 1 N–H and O–H groups in total. The van der Waals surface area contributed by atoms with Gasteiger partial charge in [-0.05, 0) is 38.1 Å². The van der Waals surface area contributed by atoms with Crippen LogP contribution in [0.3, 0.4) is 0 Å². The van der Waals surface area contributed by atoms with Crippen LogP contribution in [0.4, 0.5) is 4.79 Å². The Hall–Kier alpha value is -3.23. The van der Waals surface area contributed by atoms with Crippen LogP contribution in [0, 0.1) is 5.41 Å². The predicted octanol–water partition coefficient (Wildman–Crippen LogP) is 3.54. The van der Waals surface area contributed by atoms with Gasteiger partial charge in [-0.25, -0.2) is 9.69 Å². The van der Waals surface area contributed by atoms with Crippen LogP contribution >= 0.6 is 0 Å². The van der Waals surface area contributed by atoms with Gasteiger partial charge >= 0.3 is 6.03 Å². The number of rotatable bonds is 12. The fourth-order valence-electron chi connectivity index (χ4n) is 4.78. The molecule has 0 aromatic heterocycles. The molecule has 1 unspecified atom stereocenters. The lowest BCUT2D eigenvalue weighted by Crippen LogP contribution is -2.72. The molecule has 1 saturated heterocycles. The van der Waals surface area contributed by atoms with Crippen LogP contribution in [0.2, 0.25) is 0 Å². The highest BCUT2D eigenvalue weighted by Crippen LogP contribution is 2.45. The number of urea groups is 1. The summed E-state index contributed by atoms with van der Waals surface area (Å²) in [5, 5.41) is 2.96. The third-order valence-electron chi connectivity index (χ3n) is 7.37. The van der Waals surface area contributed by atoms with Crippen LogP contribution in [0.5, 0.6) is 0 Å². The first-order chi connectivity index (χ1) is 17.7. The minimum absolute atomic E-state index is 0.0730. The van der Waals surface area contributed by atoms with Crippen molar-refractivity contribution in [3.05, 3.63) is 71.8 Å². The fourth-order valence-corrected chi connectivity index (χ4v) is 4.78. The first-order valence-corrected chi connectivity index (χ1v) is 13.0. The molecule has 1 fully saturated rings. The Bertz CT molecular complexity index is 1000. The molecule has 3 rings (SSSR count). The Morgan fingerprint density at radius 1 is 0.946 bits per heavy atom. The Morgan fingerprint density at radius 3 is 1.97 bits per heavy atom. The van der Waals surface area contributed by atoms with Crippen LogP contribution in [-0.4, -0.2) is 86.2 Å². The van der Waals surface area contributed by atoms with E-state index in [2.05, 4.69) is 5.32 Å². The molecule has 37 heavy (non-hydrogen) atoms. The number of β-lactam (4-membered cyclic amide) rings is 1. The first-order valence-electron chi connectivity index (χ1n) is 13.0. The van der Waals surface area contributed by atoms with Crippen molar-refractivity contribution in [3.8, 4) is 0 Å². The van der Waals surface area contributed by atoms with E-state index in [1.165, 1.54) is 0 Å². The van der Waals surface area contributed by atoms with Crippen molar-refractivity contribution in [2.45, 2.75) is 38.8 Å². The molecule has 1 aliphatic heterocycles. The number of ether oxygens (including phenoxy) is 1. The second-order valence-electron chi connectivity index (χ2n) is 9.88. The summed E-state index contributed by atoms with van der Waals surface area (Å²) in [6.45, 7) is 5.26. The highest BCUT2D eigenvalue weighted by molar-refractivity contribution is 6.03. The summed E-state index contributed by atoms with van der Waals surface area (Å²) in [7, 11) is 5.62. The van der Waals surface area contributed by atoms with Crippen molar-refractivity contribution in [1.82, 2.24) is 20.0 Å². The lowest BCUT2D eigenvalue weighted by molar-refractivity contribution is -0.211. The van der Waals surface area contributed by atoms with Crippen LogP contribution in [0.25, 0.3) is 0 Å². The Labute approximate surface area is 220 Å². The van der Waals surface area contributed by atoms with Gasteiger partial charge in [0.15, 0.2) is 6.23 Å². The third-order valence-corrected chi connectivity index (χ3v) is 7.37. The van der Waals surface area contributed by atoms with Crippen LogP contribution in [0.1, 0.15) is 43.7 Å². The maximum absolute atomic E-state index is 13.3. The molecule has 1 aliphatic rings. The summed E-state index contributed by atoms with van der Waals surface area (Å²) in [4.78, 5) is 43.9. The molecule has 200 valence electrons. The lowest BCUT2D eigenvalue weighted by Gasteiger charge is -2.53. The number of likely N-dealkylation sites (N-methyl/N-ethyl adjacent to an activating group) is 2. The van der Waals surface area contributed by atoms with Gasteiger partial charge in [0.1, 0.15) is 6.61 Å². The Morgan fingerprint density at radius 2 is 1.49 bits per heavy atom. The standard InChI is InChI=1S/C29H40N4O4/c1-6-29(7-2)26(35)33(27(29)37-21-25(34)32(5)19-18-31(3)4)28(36)30-20-24(22-14-10-8-11-15-22)23-16-12-9-13-17-23/h8-17,24,27H,6-7,18-21H2,1-5H3,(H,30,36). The molecule has 0 spiro atoms. The number of likely N-dealkylation sites (tertiary alicyclic amines) is 1. The number of amides is 4. The zero-order valence-corrected chi connectivity index (χ0v) is 22.6. The largest absolute Gasteiger partial charge is 0.347 e. The SMILES string of the molecule is CCC1(CC)C(=O)N(C(=O)NCC(c2ccccc2)c2ccccc2)C1OCC(=O)N(C)CCN(C)C. The summed E-state index contributed by atoms with van der Waals surface area (Å²) in [5.41, 5.74) is 1.33. The van der Waals surface area contributed by atoms with E-state index in [0.717, 1.165) is 22.6 Å². The molecular formula is C29H40N4O4. The van der Waals surface area contributed by atoms with Gasteiger partial charge in [0.05, 0.1) is 5.41 Å². The molecular weight excluding hydrogens is 468 g/mol. The smallest absolute Gasteiger partial charge is 0.326 e. The fraction of sp³-hybridized carbons (Fsp3) is 0.483. The van der Waals surface area contributed by atoms with E-state index in [4.69, 9.17) is 4.74 Å². The number of benzene rings is 2. The van der Waals surface area contributed by atoms with Gasteiger partial charge in [-0.3, -0.25) is 9.59 Å². The van der Waals surface area contributed by atoms with Gasteiger partial charge in [-0.2, -0.15) is 0 Å². The second-order valence-corrected chi connectivity index (χ2v) is 9.88. The Kier molecular flexibility index (Phi) is 9.83.